The van der Waals surface area contributed by atoms with Crippen LogP contribution < -0.4 is 0 Å². The van der Waals surface area contributed by atoms with Crippen LogP contribution in [-0.2, 0) is 23.1 Å². The maximum absolute atomic E-state index is 10.6. The molecule has 1 N–H and O–H groups in total. The van der Waals surface area contributed by atoms with E-state index in [2.05, 4.69) is 57.1 Å². The van der Waals surface area contributed by atoms with Gasteiger partial charge in [-0.1, -0.05) is 23.4 Å². The third-order valence-electron chi connectivity index (χ3n) is 6.08. The molecule has 5 rings (SSSR count). The summed E-state index contributed by atoms with van der Waals surface area (Å²) in [7, 11) is 2.12. The number of para-hydroxylation sites is 1. The molecule has 3 atom stereocenters. The molecule has 11 heteroatoms. The number of aliphatic carboxylic acids is 1. The largest absolute Gasteiger partial charge is 0.490 e. The van der Waals surface area contributed by atoms with E-state index in [-0.39, 0.29) is 12.2 Å². The van der Waals surface area contributed by atoms with Gasteiger partial charge in [0.05, 0.1) is 6.10 Å². The van der Waals surface area contributed by atoms with E-state index in [1.54, 1.807) is 0 Å². The zero-order chi connectivity index (χ0) is 23.8. The van der Waals surface area contributed by atoms with Gasteiger partial charge >= 0.3 is 12.1 Å². The smallest absolute Gasteiger partial charge is 0.475 e. The number of carboxylic acids is 1. The zero-order valence-corrected chi connectivity index (χ0v) is 18.2. The molecule has 2 aliphatic heterocycles. The molecule has 8 nitrogen and oxygen atoms in total. The molecule has 3 aromatic rings. The summed E-state index contributed by atoms with van der Waals surface area (Å²) in [6, 6.07) is 9.12. The Bertz CT molecular complexity index is 1130. The minimum atomic E-state index is -5.08. The maximum Gasteiger partial charge on any atom is 0.490 e. The fourth-order valence-corrected chi connectivity index (χ4v) is 4.61. The first-order valence-electron chi connectivity index (χ1n) is 10.7. The number of rotatable bonds is 3. The Hall–Kier alpha value is -2.92. The minimum absolute atomic E-state index is 0.0463. The molecule has 2 aliphatic rings. The lowest BCUT2D eigenvalue weighted by Gasteiger charge is -2.34. The van der Waals surface area contributed by atoms with Crippen molar-refractivity contribution in [2.75, 3.05) is 6.54 Å². The highest BCUT2D eigenvalue weighted by molar-refractivity contribution is 5.83. The molecule has 33 heavy (non-hydrogen) atoms. The molecule has 0 saturated carbocycles. The topological polar surface area (TPSA) is 93.6 Å². The fraction of sp³-hybridized carbons (Fsp3) is 0.500. The molecule has 0 spiro atoms. The van der Waals surface area contributed by atoms with Gasteiger partial charge in [0.2, 0.25) is 0 Å². The van der Waals surface area contributed by atoms with Crippen LogP contribution in [0.15, 0.2) is 35.0 Å². The Kier molecular flexibility index (Phi) is 6.44. The van der Waals surface area contributed by atoms with Crippen LogP contribution in [0.5, 0.6) is 0 Å². The Morgan fingerprint density at radius 1 is 1.24 bits per heavy atom. The molecule has 178 valence electrons. The van der Waals surface area contributed by atoms with Crippen LogP contribution in [0.3, 0.4) is 0 Å². The van der Waals surface area contributed by atoms with Gasteiger partial charge in [-0.15, -0.1) is 0 Å². The summed E-state index contributed by atoms with van der Waals surface area (Å²) < 4.78 is 45.6. The Morgan fingerprint density at radius 2 is 1.97 bits per heavy atom. The lowest BCUT2D eigenvalue weighted by molar-refractivity contribution is -0.192. The molecule has 0 unspecified atom stereocenters. The van der Waals surface area contributed by atoms with Crippen molar-refractivity contribution in [2.24, 2.45) is 7.05 Å². The number of hydrogen-bond acceptors (Lipinski definition) is 6. The van der Waals surface area contributed by atoms with Gasteiger partial charge < -0.3 is 18.9 Å². The minimum Gasteiger partial charge on any atom is -0.475 e. The van der Waals surface area contributed by atoms with E-state index in [0.29, 0.717) is 17.8 Å². The van der Waals surface area contributed by atoms with Gasteiger partial charge in [-0.25, -0.2) is 4.79 Å². The molecule has 2 fully saturated rings. The summed E-state index contributed by atoms with van der Waals surface area (Å²) in [4.78, 5) is 15.8. The second-order valence-corrected chi connectivity index (χ2v) is 8.33. The number of alkyl halides is 3. The van der Waals surface area contributed by atoms with E-state index in [1.807, 2.05) is 6.92 Å². The summed E-state index contributed by atoms with van der Waals surface area (Å²) in [6.45, 7) is 3.91. The number of fused-ring (bicyclic) bond motifs is 2. The van der Waals surface area contributed by atoms with Crippen LogP contribution in [0.25, 0.3) is 10.9 Å². The van der Waals surface area contributed by atoms with Gasteiger partial charge in [0, 0.05) is 43.3 Å². The fourth-order valence-electron chi connectivity index (χ4n) is 4.61. The van der Waals surface area contributed by atoms with Gasteiger partial charge in [0.1, 0.15) is 6.10 Å². The van der Waals surface area contributed by atoms with Crippen molar-refractivity contribution in [3.8, 4) is 0 Å². The summed E-state index contributed by atoms with van der Waals surface area (Å²) >= 11 is 0. The van der Waals surface area contributed by atoms with Gasteiger partial charge in [-0.3, -0.25) is 4.90 Å². The molecule has 0 aliphatic carbocycles. The van der Waals surface area contributed by atoms with E-state index < -0.39 is 12.1 Å². The van der Waals surface area contributed by atoms with Crippen molar-refractivity contribution >= 4 is 16.9 Å². The lowest BCUT2D eigenvalue weighted by Crippen LogP contribution is -2.40. The molecule has 2 aromatic heterocycles. The Labute approximate surface area is 187 Å². The number of nitrogens with zero attached hydrogens (tertiary/aromatic N) is 4. The molecule has 0 radical (unpaired) electrons. The van der Waals surface area contributed by atoms with Crippen LogP contribution in [0.1, 0.15) is 42.6 Å². The standard InChI is InChI=1S/C20H24N4O2.C2HF3O2/c1-13-21-20(26-22-13)19-8-7-17-18(25-19)9-10-24(17)12-14-11-23(2)16-6-4-3-5-15(14)16;3-2(4,5)1(6)7/h3-6,11,17-19H,7-10,12H2,1-2H3;(H,6,7)/t17-,18-,19+;/m1./s1. The number of benzene rings is 1. The Balaban J connectivity index is 0.000000325. The van der Waals surface area contributed by atoms with Crippen molar-refractivity contribution in [1.82, 2.24) is 19.6 Å². The first kappa shape index (κ1) is 23.2. The predicted molar refractivity (Wildman–Crippen MR) is 111 cm³/mol. The molecule has 1 aromatic carbocycles. The highest BCUT2D eigenvalue weighted by Gasteiger charge is 2.41. The van der Waals surface area contributed by atoms with Gasteiger partial charge in [0.15, 0.2) is 5.82 Å². The Morgan fingerprint density at radius 3 is 2.64 bits per heavy atom. The number of ether oxygens (including phenoxy) is 1. The van der Waals surface area contributed by atoms with E-state index in [9.17, 15) is 13.2 Å². The molecular weight excluding hydrogens is 441 g/mol. The van der Waals surface area contributed by atoms with Crippen molar-refractivity contribution < 1.29 is 32.3 Å². The van der Waals surface area contributed by atoms with Crippen LogP contribution >= 0.6 is 0 Å². The number of carbonyl (C=O) groups is 1. The maximum atomic E-state index is 10.6. The van der Waals surface area contributed by atoms with Crippen LogP contribution in [-0.4, -0.2) is 55.6 Å². The van der Waals surface area contributed by atoms with E-state index in [0.717, 1.165) is 32.4 Å². The number of likely N-dealkylation sites (tertiary alicyclic amines) is 1. The van der Waals surface area contributed by atoms with Gasteiger partial charge in [-0.2, -0.15) is 18.2 Å². The van der Waals surface area contributed by atoms with Crippen molar-refractivity contribution in [3.05, 3.63) is 47.7 Å². The number of carboxylic acid groups (broad SMARTS) is 1. The summed E-state index contributed by atoms with van der Waals surface area (Å²) in [5.74, 6) is -1.45. The summed E-state index contributed by atoms with van der Waals surface area (Å²) in [5.41, 5.74) is 2.70. The highest BCUT2D eigenvalue weighted by atomic mass is 19.4. The van der Waals surface area contributed by atoms with E-state index >= 15 is 0 Å². The molecule has 0 bridgehead atoms. The molecule has 2 saturated heterocycles. The van der Waals surface area contributed by atoms with Crippen molar-refractivity contribution in [3.63, 3.8) is 0 Å². The third-order valence-corrected chi connectivity index (χ3v) is 6.08. The second kappa shape index (κ2) is 9.14. The first-order valence-corrected chi connectivity index (χ1v) is 10.7. The van der Waals surface area contributed by atoms with E-state index in [4.69, 9.17) is 19.2 Å². The zero-order valence-electron chi connectivity index (χ0n) is 18.2. The third kappa shape index (κ3) is 5.03. The van der Waals surface area contributed by atoms with Crippen LogP contribution in [0.4, 0.5) is 13.2 Å². The number of hydrogen-bond donors (Lipinski definition) is 1. The number of halogens is 3. The highest BCUT2D eigenvalue weighted by Crippen LogP contribution is 2.38. The van der Waals surface area contributed by atoms with Crippen LogP contribution in [0, 0.1) is 6.92 Å². The van der Waals surface area contributed by atoms with Crippen molar-refractivity contribution in [2.45, 2.75) is 57.2 Å². The lowest BCUT2D eigenvalue weighted by atomic mass is 9.98. The normalized spacial score (nSPS) is 23.2. The molecule has 4 heterocycles. The number of aromatic nitrogens is 3. The number of aryl methyl sites for hydroxylation is 2. The summed E-state index contributed by atoms with van der Waals surface area (Å²) in [5, 5.41) is 12.4. The quantitative estimate of drug-likeness (QED) is 0.624. The first-order chi connectivity index (χ1) is 15.6. The SMILES string of the molecule is Cc1noc([C@@H]2CC[C@@H]3[C@@H](CCN3Cc3cn(C)c4ccccc34)O2)n1.O=C(O)C(F)(F)F. The second-order valence-electron chi connectivity index (χ2n) is 8.33. The molecular formula is C22H25F3N4O4. The average molecular weight is 466 g/mol. The van der Waals surface area contributed by atoms with Gasteiger partial charge in [0.25, 0.3) is 5.89 Å². The van der Waals surface area contributed by atoms with Crippen molar-refractivity contribution in [1.29, 1.82) is 0 Å². The summed E-state index contributed by atoms with van der Waals surface area (Å²) in [6.07, 6.45) is 0.520. The monoisotopic (exact) mass is 466 g/mol. The average Bonchev–Trinajstić information content (AvgIpc) is 3.46. The predicted octanol–water partition coefficient (Wildman–Crippen LogP) is 4.00. The molecule has 0 amide bonds. The van der Waals surface area contributed by atoms with E-state index in [1.165, 1.54) is 16.5 Å². The van der Waals surface area contributed by atoms with Gasteiger partial charge in [-0.05, 0) is 37.8 Å². The van der Waals surface area contributed by atoms with Crippen LogP contribution in [0.2, 0.25) is 0 Å².